The van der Waals surface area contributed by atoms with Crippen LogP contribution in [0.2, 0.25) is 0 Å². The molecule has 0 saturated carbocycles. The maximum atomic E-state index is 11.8. The fraction of sp³-hybridized carbons (Fsp3) is 0.385. The molecule has 4 heteroatoms. The Labute approximate surface area is 100 Å². The maximum absolute atomic E-state index is 11.8. The van der Waals surface area contributed by atoms with Crippen LogP contribution in [0.5, 0.6) is 0 Å². The molecule has 1 aliphatic rings. The minimum absolute atomic E-state index is 0.0176. The molecule has 1 fully saturated rings. The highest BCUT2D eigenvalue weighted by molar-refractivity contribution is 5.95. The summed E-state index contributed by atoms with van der Waals surface area (Å²) in [4.78, 5) is 13.5. The number of nitrogens with zero attached hydrogens (tertiary/aromatic N) is 2. The molecule has 4 nitrogen and oxygen atoms in total. The van der Waals surface area contributed by atoms with Crippen LogP contribution >= 0.6 is 0 Å². The van der Waals surface area contributed by atoms with Crippen LogP contribution in [0.3, 0.4) is 0 Å². The number of carbonyl (C=O) groups is 1. The predicted molar refractivity (Wildman–Crippen MR) is 63.5 cm³/mol. The normalized spacial score (nSPS) is 20.1. The Bertz CT molecular complexity index is 465. The summed E-state index contributed by atoms with van der Waals surface area (Å²) >= 11 is 0. The molecule has 0 aromatic heterocycles. The summed E-state index contributed by atoms with van der Waals surface area (Å²) in [5.74, 6) is -0.0857. The lowest BCUT2D eigenvalue weighted by atomic mass is 10.1. The van der Waals surface area contributed by atoms with E-state index in [0.29, 0.717) is 6.54 Å². The zero-order valence-corrected chi connectivity index (χ0v) is 9.72. The van der Waals surface area contributed by atoms with Gasteiger partial charge in [-0.1, -0.05) is 25.1 Å². The largest absolute Gasteiger partial charge is 0.352 e. The first-order valence-corrected chi connectivity index (χ1v) is 5.65. The van der Waals surface area contributed by atoms with Gasteiger partial charge in [0.15, 0.2) is 6.10 Å². The van der Waals surface area contributed by atoms with Crippen molar-refractivity contribution in [2.75, 3.05) is 18.1 Å². The topological polar surface area (TPSA) is 53.3 Å². The Morgan fingerprint density at radius 1 is 1.53 bits per heavy atom. The molecule has 1 unspecified atom stereocenters. The zero-order valence-electron chi connectivity index (χ0n) is 9.72. The van der Waals surface area contributed by atoms with Crippen molar-refractivity contribution >= 4 is 11.6 Å². The number of anilines is 1. The van der Waals surface area contributed by atoms with Crippen molar-refractivity contribution in [1.82, 2.24) is 0 Å². The molecule has 0 radical (unpaired) electrons. The summed E-state index contributed by atoms with van der Waals surface area (Å²) < 4.78 is 5.11. The summed E-state index contributed by atoms with van der Waals surface area (Å²) in [7, 11) is 0. The molecular formula is C13H14N2O2. The smallest absolute Gasteiger partial charge is 0.253 e. The fourth-order valence-electron chi connectivity index (χ4n) is 1.95. The molecule has 0 N–H and O–H groups in total. The standard InChI is InChI=1S/C13H14N2O2/c1-2-10-5-3-4-6-12(10)15-8-11(7-14)17-9-13(15)16/h3-6,11H,2,8-9H2,1H3. The molecule has 0 bridgehead atoms. The van der Waals surface area contributed by atoms with E-state index in [2.05, 4.69) is 0 Å². The SMILES string of the molecule is CCc1ccccc1N1CC(C#N)OCC1=O. The van der Waals surface area contributed by atoms with Gasteiger partial charge < -0.3 is 9.64 Å². The molecule has 1 amide bonds. The van der Waals surface area contributed by atoms with Crippen molar-refractivity contribution < 1.29 is 9.53 Å². The molecule has 1 aliphatic heterocycles. The molecule has 17 heavy (non-hydrogen) atoms. The molecule has 1 heterocycles. The monoisotopic (exact) mass is 230 g/mol. The lowest BCUT2D eigenvalue weighted by molar-refractivity contribution is -0.127. The van der Waals surface area contributed by atoms with Crippen molar-refractivity contribution in [2.45, 2.75) is 19.4 Å². The van der Waals surface area contributed by atoms with E-state index in [1.54, 1.807) is 4.90 Å². The first-order chi connectivity index (χ1) is 8.26. The van der Waals surface area contributed by atoms with E-state index in [4.69, 9.17) is 10.00 Å². The van der Waals surface area contributed by atoms with E-state index < -0.39 is 6.10 Å². The van der Waals surface area contributed by atoms with Crippen LogP contribution in [0.1, 0.15) is 12.5 Å². The van der Waals surface area contributed by atoms with E-state index in [0.717, 1.165) is 17.7 Å². The van der Waals surface area contributed by atoms with Crippen LogP contribution in [0.25, 0.3) is 0 Å². The molecule has 0 aliphatic carbocycles. The van der Waals surface area contributed by atoms with Gasteiger partial charge in [-0.15, -0.1) is 0 Å². The van der Waals surface area contributed by atoms with Crippen molar-refractivity contribution in [3.8, 4) is 6.07 Å². The highest BCUT2D eigenvalue weighted by atomic mass is 16.5. The molecule has 1 atom stereocenters. The molecule has 2 rings (SSSR count). The van der Waals surface area contributed by atoms with E-state index in [1.807, 2.05) is 37.3 Å². The van der Waals surface area contributed by atoms with Gasteiger partial charge in [0.25, 0.3) is 5.91 Å². The number of para-hydroxylation sites is 1. The lowest BCUT2D eigenvalue weighted by Gasteiger charge is -2.31. The number of nitriles is 1. The zero-order chi connectivity index (χ0) is 12.3. The summed E-state index contributed by atoms with van der Waals surface area (Å²) in [6.45, 7) is 2.34. The maximum Gasteiger partial charge on any atom is 0.253 e. The van der Waals surface area contributed by atoms with Crippen LogP contribution in [0.15, 0.2) is 24.3 Å². The van der Waals surface area contributed by atoms with E-state index in [1.165, 1.54) is 0 Å². The van der Waals surface area contributed by atoms with Gasteiger partial charge in [0.2, 0.25) is 0 Å². The van der Waals surface area contributed by atoms with Gasteiger partial charge in [-0.05, 0) is 18.1 Å². The second-order valence-electron chi connectivity index (χ2n) is 3.92. The number of amides is 1. The number of morpholine rings is 1. The van der Waals surface area contributed by atoms with Gasteiger partial charge in [-0.3, -0.25) is 4.79 Å². The van der Waals surface area contributed by atoms with Gasteiger partial charge in [0.05, 0.1) is 12.6 Å². The summed E-state index contributed by atoms with van der Waals surface area (Å²) in [6, 6.07) is 9.81. The number of hydrogen-bond donors (Lipinski definition) is 0. The molecule has 1 aromatic carbocycles. The number of rotatable bonds is 2. The average molecular weight is 230 g/mol. The average Bonchev–Trinajstić information content (AvgIpc) is 2.39. The van der Waals surface area contributed by atoms with Crippen LogP contribution in [0, 0.1) is 11.3 Å². The first kappa shape index (κ1) is 11.6. The Kier molecular flexibility index (Phi) is 3.40. The van der Waals surface area contributed by atoms with Crippen molar-refractivity contribution in [3.05, 3.63) is 29.8 Å². The van der Waals surface area contributed by atoms with Gasteiger partial charge in [0.1, 0.15) is 6.61 Å². The Morgan fingerprint density at radius 2 is 2.29 bits per heavy atom. The minimum Gasteiger partial charge on any atom is -0.352 e. The second-order valence-corrected chi connectivity index (χ2v) is 3.92. The van der Waals surface area contributed by atoms with Gasteiger partial charge >= 0.3 is 0 Å². The second kappa shape index (κ2) is 4.98. The van der Waals surface area contributed by atoms with Gasteiger partial charge in [-0.2, -0.15) is 5.26 Å². The van der Waals surface area contributed by atoms with Crippen LogP contribution < -0.4 is 4.90 Å². The van der Waals surface area contributed by atoms with Crippen molar-refractivity contribution in [1.29, 1.82) is 5.26 Å². The van der Waals surface area contributed by atoms with Crippen molar-refractivity contribution in [3.63, 3.8) is 0 Å². The molecular weight excluding hydrogens is 216 g/mol. The van der Waals surface area contributed by atoms with Gasteiger partial charge in [0, 0.05) is 5.69 Å². The third-order valence-corrected chi connectivity index (χ3v) is 2.86. The summed E-state index contributed by atoms with van der Waals surface area (Å²) in [5, 5.41) is 8.86. The van der Waals surface area contributed by atoms with Gasteiger partial charge in [-0.25, -0.2) is 0 Å². The lowest BCUT2D eigenvalue weighted by Crippen LogP contribution is -2.46. The van der Waals surface area contributed by atoms with E-state index in [9.17, 15) is 4.79 Å². The molecule has 1 aromatic rings. The number of hydrogen-bond acceptors (Lipinski definition) is 3. The highest BCUT2D eigenvalue weighted by Gasteiger charge is 2.28. The highest BCUT2D eigenvalue weighted by Crippen LogP contribution is 2.23. The number of carbonyl (C=O) groups excluding carboxylic acids is 1. The number of benzene rings is 1. The minimum atomic E-state index is -0.530. The predicted octanol–water partition coefficient (Wildman–Crippen LogP) is 1.50. The number of ether oxygens (including phenoxy) is 1. The van der Waals surface area contributed by atoms with E-state index in [-0.39, 0.29) is 12.5 Å². The Morgan fingerprint density at radius 3 is 3.00 bits per heavy atom. The third kappa shape index (κ3) is 2.29. The van der Waals surface area contributed by atoms with Crippen molar-refractivity contribution in [2.24, 2.45) is 0 Å². The first-order valence-electron chi connectivity index (χ1n) is 5.65. The number of aryl methyl sites for hydroxylation is 1. The Balaban J connectivity index is 2.31. The van der Waals surface area contributed by atoms with Crippen LogP contribution in [-0.2, 0) is 16.0 Å². The molecule has 0 spiro atoms. The van der Waals surface area contributed by atoms with E-state index >= 15 is 0 Å². The summed E-state index contributed by atoms with van der Waals surface area (Å²) in [5.41, 5.74) is 2.00. The molecule has 1 saturated heterocycles. The van der Waals surface area contributed by atoms with Crippen LogP contribution in [-0.4, -0.2) is 25.2 Å². The Hall–Kier alpha value is -1.86. The fourth-order valence-corrected chi connectivity index (χ4v) is 1.95. The van der Waals surface area contributed by atoms with Crippen LogP contribution in [0.4, 0.5) is 5.69 Å². The quantitative estimate of drug-likeness (QED) is 0.773. The summed E-state index contributed by atoms with van der Waals surface area (Å²) in [6.07, 6.45) is 0.329. The molecule has 88 valence electrons. The third-order valence-electron chi connectivity index (χ3n) is 2.86.